The van der Waals surface area contributed by atoms with Gasteiger partial charge in [-0.1, -0.05) is 30.3 Å². The molecule has 3 rings (SSSR count). The van der Waals surface area contributed by atoms with Crippen LogP contribution in [0.25, 0.3) is 0 Å². The standard InChI is InChI=1S/C18H19BrF2N2/c19-16-6-7-17(20)15(18(16)21)11-23-9-13(8-22)14(10-23)12-4-2-1-3-5-12/h1-7,13-14H,8-11,22H2/t13-,14+/m1/s1. The Labute approximate surface area is 143 Å². The summed E-state index contributed by atoms with van der Waals surface area (Å²) in [5.41, 5.74) is 7.27. The largest absolute Gasteiger partial charge is 0.330 e. The molecule has 1 saturated heterocycles. The van der Waals surface area contributed by atoms with Crippen molar-refractivity contribution in [2.24, 2.45) is 11.7 Å². The highest BCUT2D eigenvalue weighted by Gasteiger charge is 2.33. The molecule has 2 atom stereocenters. The number of likely N-dealkylation sites (tertiary alicyclic amines) is 1. The van der Waals surface area contributed by atoms with E-state index in [0.717, 1.165) is 13.1 Å². The van der Waals surface area contributed by atoms with Crippen LogP contribution in [0.4, 0.5) is 8.78 Å². The lowest BCUT2D eigenvalue weighted by molar-refractivity contribution is 0.305. The van der Waals surface area contributed by atoms with Crippen molar-refractivity contribution in [2.45, 2.75) is 12.5 Å². The maximum Gasteiger partial charge on any atom is 0.144 e. The molecule has 5 heteroatoms. The summed E-state index contributed by atoms with van der Waals surface area (Å²) in [6.07, 6.45) is 0. The van der Waals surface area contributed by atoms with E-state index in [9.17, 15) is 8.78 Å². The Morgan fingerprint density at radius 1 is 1.09 bits per heavy atom. The molecule has 0 bridgehead atoms. The quantitative estimate of drug-likeness (QED) is 0.814. The van der Waals surface area contributed by atoms with E-state index >= 15 is 0 Å². The van der Waals surface area contributed by atoms with Crippen LogP contribution in [0.2, 0.25) is 0 Å². The van der Waals surface area contributed by atoms with E-state index in [1.165, 1.54) is 17.7 Å². The number of hydrogen-bond acceptors (Lipinski definition) is 2. The summed E-state index contributed by atoms with van der Waals surface area (Å²) in [4.78, 5) is 2.09. The predicted octanol–water partition coefficient (Wildman–Crippen LogP) is 3.90. The molecular weight excluding hydrogens is 362 g/mol. The zero-order valence-electron chi connectivity index (χ0n) is 12.7. The second-order valence-corrected chi connectivity index (χ2v) is 6.88. The molecule has 0 unspecified atom stereocenters. The van der Waals surface area contributed by atoms with Gasteiger partial charge in [-0.3, -0.25) is 4.90 Å². The van der Waals surface area contributed by atoms with Crippen LogP contribution in [0, 0.1) is 17.6 Å². The van der Waals surface area contributed by atoms with Gasteiger partial charge in [0.2, 0.25) is 0 Å². The maximum atomic E-state index is 14.2. The molecule has 0 aliphatic carbocycles. The van der Waals surface area contributed by atoms with Crippen LogP contribution in [0.3, 0.4) is 0 Å². The Bertz CT molecular complexity index is 678. The Balaban J connectivity index is 1.80. The van der Waals surface area contributed by atoms with Gasteiger partial charge in [0, 0.05) is 31.1 Å². The molecule has 2 aromatic rings. The minimum atomic E-state index is -0.516. The Kier molecular flexibility index (Phi) is 5.09. The first-order valence-electron chi connectivity index (χ1n) is 7.70. The molecule has 0 radical (unpaired) electrons. The van der Waals surface area contributed by atoms with E-state index in [1.54, 1.807) is 0 Å². The highest BCUT2D eigenvalue weighted by Crippen LogP contribution is 2.33. The van der Waals surface area contributed by atoms with E-state index in [-0.39, 0.29) is 12.1 Å². The SMILES string of the molecule is NC[C@@H]1CN(Cc2c(F)ccc(Br)c2F)C[C@H]1c1ccccc1. The molecule has 2 nitrogen and oxygen atoms in total. The van der Waals surface area contributed by atoms with E-state index in [4.69, 9.17) is 5.73 Å². The zero-order chi connectivity index (χ0) is 16.4. The number of rotatable bonds is 4. The summed E-state index contributed by atoms with van der Waals surface area (Å²) in [6.45, 7) is 2.34. The van der Waals surface area contributed by atoms with Crippen molar-refractivity contribution in [3.8, 4) is 0 Å². The molecule has 122 valence electrons. The van der Waals surface area contributed by atoms with Gasteiger partial charge in [-0.15, -0.1) is 0 Å². The molecule has 23 heavy (non-hydrogen) atoms. The lowest BCUT2D eigenvalue weighted by Gasteiger charge is -2.17. The number of nitrogens with zero attached hydrogens (tertiary/aromatic N) is 1. The van der Waals surface area contributed by atoms with Gasteiger partial charge in [0.15, 0.2) is 0 Å². The molecular formula is C18H19BrF2N2. The maximum absolute atomic E-state index is 14.2. The van der Waals surface area contributed by atoms with Crippen LogP contribution in [0.5, 0.6) is 0 Å². The summed E-state index contributed by atoms with van der Waals surface area (Å²) in [6, 6.07) is 12.9. The van der Waals surface area contributed by atoms with Crippen molar-refractivity contribution in [2.75, 3.05) is 19.6 Å². The normalized spacial score (nSPS) is 21.7. The molecule has 0 spiro atoms. The van der Waals surface area contributed by atoms with Gasteiger partial charge in [0.25, 0.3) is 0 Å². The van der Waals surface area contributed by atoms with Crippen LogP contribution in [-0.4, -0.2) is 24.5 Å². The molecule has 1 aliphatic rings. The number of benzene rings is 2. The van der Waals surface area contributed by atoms with Crippen molar-refractivity contribution >= 4 is 15.9 Å². The smallest absolute Gasteiger partial charge is 0.144 e. The summed E-state index contributed by atoms with van der Waals surface area (Å²) >= 11 is 3.12. The zero-order valence-corrected chi connectivity index (χ0v) is 14.3. The molecule has 0 aromatic heterocycles. The van der Waals surface area contributed by atoms with Crippen LogP contribution in [0.1, 0.15) is 17.0 Å². The van der Waals surface area contributed by atoms with Gasteiger partial charge in [0.1, 0.15) is 11.6 Å². The molecule has 0 amide bonds. The van der Waals surface area contributed by atoms with Gasteiger partial charge in [0.05, 0.1) is 4.47 Å². The molecule has 1 heterocycles. The molecule has 1 aliphatic heterocycles. The fourth-order valence-electron chi connectivity index (χ4n) is 3.34. The summed E-state index contributed by atoms with van der Waals surface area (Å²) in [7, 11) is 0. The average molecular weight is 381 g/mol. The Morgan fingerprint density at radius 3 is 2.52 bits per heavy atom. The summed E-state index contributed by atoms with van der Waals surface area (Å²) in [5.74, 6) is -0.411. The lowest BCUT2D eigenvalue weighted by Crippen LogP contribution is -2.24. The summed E-state index contributed by atoms with van der Waals surface area (Å²) in [5, 5.41) is 0. The average Bonchev–Trinajstić information content (AvgIpc) is 2.99. The van der Waals surface area contributed by atoms with Crippen LogP contribution < -0.4 is 5.73 Å². The predicted molar refractivity (Wildman–Crippen MR) is 91.1 cm³/mol. The first-order valence-corrected chi connectivity index (χ1v) is 8.49. The molecule has 2 N–H and O–H groups in total. The van der Waals surface area contributed by atoms with Crippen molar-refractivity contribution in [1.82, 2.24) is 4.90 Å². The topological polar surface area (TPSA) is 29.3 Å². The fourth-order valence-corrected chi connectivity index (χ4v) is 3.72. The lowest BCUT2D eigenvalue weighted by atomic mass is 9.89. The van der Waals surface area contributed by atoms with E-state index in [1.807, 2.05) is 18.2 Å². The third kappa shape index (κ3) is 3.47. The van der Waals surface area contributed by atoms with Gasteiger partial charge >= 0.3 is 0 Å². The van der Waals surface area contributed by atoms with Crippen molar-refractivity contribution in [3.63, 3.8) is 0 Å². The fraction of sp³-hybridized carbons (Fsp3) is 0.333. The first-order chi connectivity index (χ1) is 11.1. The van der Waals surface area contributed by atoms with Gasteiger partial charge in [-0.25, -0.2) is 8.78 Å². The molecule has 2 aromatic carbocycles. The van der Waals surface area contributed by atoms with Crippen LogP contribution >= 0.6 is 15.9 Å². The second kappa shape index (κ2) is 7.07. The summed E-state index contributed by atoms with van der Waals surface area (Å²) < 4.78 is 28.4. The van der Waals surface area contributed by atoms with Gasteiger partial charge in [-0.2, -0.15) is 0 Å². The Hall–Kier alpha value is -1.30. The van der Waals surface area contributed by atoms with Crippen molar-refractivity contribution < 1.29 is 8.78 Å². The van der Waals surface area contributed by atoms with E-state index in [2.05, 4.69) is 33.0 Å². The number of nitrogens with two attached hydrogens (primary N) is 1. The van der Waals surface area contributed by atoms with Crippen LogP contribution in [0.15, 0.2) is 46.9 Å². The van der Waals surface area contributed by atoms with Gasteiger partial charge in [-0.05, 0) is 46.1 Å². The van der Waals surface area contributed by atoms with Crippen LogP contribution in [-0.2, 0) is 6.54 Å². The highest BCUT2D eigenvalue weighted by molar-refractivity contribution is 9.10. The molecule has 1 fully saturated rings. The highest BCUT2D eigenvalue weighted by atomic mass is 79.9. The Morgan fingerprint density at radius 2 is 1.83 bits per heavy atom. The minimum absolute atomic E-state index is 0.115. The van der Waals surface area contributed by atoms with E-state index in [0.29, 0.717) is 22.9 Å². The second-order valence-electron chi connectivity index (χ2n) is 6.03. The first kappa shape index (κ1) is 16.6. The number of hydrogen-bond donors (Lipinski definition) is 1. The van der Waals surface area contributed by atoms with Crippen molar-refractivity contribution in [3.05, 3.63) is 69.7 Å². The van der Waals surface area contributed by atoms with Gasteiger partial charge < -0.3 is 5.73 Å². The third-order valence-corrected chi connectivity index (χ3v) is 5.18. The number of halogens is 3. The van der Waals surface area contributed by atoms with Crippen molar-refractivity contribution in [1.29, 1.82) is 0 Å². The van der Waals surface area contributed by atoms with E-state index < -0.39 is 11.6 Å². The molecule has 0 saturated carbocycles. The monoisotopic (exact) mass is 380 g/mol. The minimum Gasteiger partial charge on any atom is -0.330 e. The third-order valence-electron chi connectivity index (χ3n) is 4.57.